The lowest BCUT2D eigenvalue weighted by Gasteiger charge is -2.26. The van der Waals surface area contributed by atoms with Crippen molar-refractivity contribution in [3.8, 4) is 0 Å². The largest absolute Gasteiger partial charge is 0.462 e. The number of aryl methyl sites for hydroxylation is 1. The maximum absolute atomic E-state index is 12.6. The molecule has 1 aromatic heterocycles. The minimum atomic E-state index is -0.687. The van der Waals surface area contributed by atoms with Crippen LogP contribution in [0, 0.1) is 6.92 Å². The highest BCUT2D eigenvalue weighted by Gasteiger charge is 2.29. The lowest BCUT2D eigenvalue weighted by molar-refractivity contribution is -0.122. The number of nitrogens with one attached hydrogen (secondary N) is 3. The molecule has 28 heavy (non-hydrogen) atoms. The van der Waals surface area contributed by atoms with Crippen LogP contribution >= 0.6 is 11.3 Å². The van der Waals surface area contributed by atoms with Crippen molar-refractivity contribution >= 4 is 45.5 Å². The summed E-state index contributed by atoms with van der Waals surface area (Å²) in [6, 6.07) is 6.63. The van der Waals surface area contributed by atoms with Gasteiger partial charge in [0.1, 0.15) is 11.0 Å². The van der Waals surface area contributed by atoms with Gasteiger partial charge >= 0.3 is 5.97 Å². The fourth-order valence-corrected chi connectivity index (χ4v) is 4.36. The second-order valence-corrected chi connectivity index (χ2v) is 7.62. The zero-order valence-electron chi connectivity index (χ0n) is 16.0. The van der Waals surface area contributed by atoms with Gasteiger partial charge in [-0.3, -0.25) is 9.59 Å². The van der Waals surface area contributed by atoms with Gasteiger partial charge in [-0.15, -0.1) is 11.3 Å². The Morgan fingerprint density at radius 2 is 1.93 bits per heavy atom. The number of benzene rings is 1. The van der Waals surface area contributed by atoms with Gasteiger partial charge in [0.2, 0.25) is 11.8 Å². The van der Waals surface area contributed by atoms with Gasteiger partial charge in [-0.25, -0.2) is 4.79 Å². The van der Waals surface area contributed by atoms with Crippen molar-refractivity contribution in [1.82, 2.24) is 0 Å². The molecule has 3 N–H and O–H groups in total. The number of hydrogen-bond donors (Lipinski definition) is 3. The van der Waals surface area contributed by atoms with Crippen LogP contribution < -0.4 is 16.0 Å². The molecule has 1 atom stereocenters. The lowest BCUT2D eigenvalue weighted by Crippen LogP contribution is -2.41. The summed E-state index contributed by atoms with van der Waals surface area (Å²) in [5, 5.41) is 9.15. The molecule has 1 aliphatic heterocycles. The van der Waals surface area contributed by atoms with Crippen molar-refractivity contribution in [3.05, 3.63) is 40.3 Å². The summed E-state index contributed by atoms with van der Waals surface area (Å²) in [5.41, 5.74) is 2.75. The smallest absolute Gasteiger partial charge is 0.341 e. The van der Waals surface area contributed by atoms with Crippen LogP contribution in [0.15, 0.2) is 24.3 Å². The first kappa shape index (κ1) is 19.9. The van der Waals surface area contributed by atoms with Crippen LogP contribution in [0.2, 0.25) is 0 Å². The molecule has 1 aliphatic rings. The zero-order valence-corrected chi connectivity index (χ0v) is 16.9. The Morgan fingerprint density at radius 1 is 1.21 bits per heavy atom. The van der Waals surface area contributed by atoms with Crippen molar-refractivity contribution in [2.24, 2.45) is 0 Å². The van der Waals surface area contributed by atoms with Crippen molar-refractivity contribution in [2.75, 3.05) is 22.6 Å². The molecule has 0 aliphatic carbocycles. The summed E-state index contributed by atoms with van der Waals surface area (Å²) < 4.78 is 5.15. The minimum Gasteiger partial charge on any atom is -0.462 e. The number of hydrogen-bond acceptors (Lipinski definition) is 6. The standard InChI is InChI=1S/C20H23N3O4S/c1-4-12-11(3)28-19(17(12)20(26)27-5-2)23-16(24)10-15-18(25)22-14-9-7-6-8-13(14)21-15/h6-9,15,21H,4-5,10H2,1-3H3,(H,22,25)(H,23,24)/t15-/m0/s1. The average Bonchev–Trinajstić information content (AvgIpc) is 2.97. The molecule has 0 fully saturated rings. The quantitative estimate of drug-likeness (QED) is 0.643. The van der Waals surface area contributed by atoms with Gasteiger partial charge in [0.25, 0.3) is 0 Å². The van der Waals surface area contributed by atoms with E-state index in [-0.39, 0.29) is 24.8 Å². The fourth-order valence-electron chi connectivity index (χ4n) is 3.21. The molecule has 1 aromatic carbocycles. The molecule has 2 aromatic rings. The molecule has 3 rings (SSSR count). The highest BCUT2D eigenvalue weighted by molar-refractivity contribution is 7.16. The topological polar surface area (TPSA) is 96.5 Å². The van der Waals surface area contributed by atoms with Gasteiger partial charge in [0, 0.05) is 4.88 Å². The van der Waals surface area contributed by atoms with Crippen molar-refractivity contribution in [2.45, 2.75) is 39.7 Å². The van der Waals surface area contributed by atoms with Gasteiger partial charge in [0.15, 0.2) is 0 Å². The maximum atomic E-state index is 12.6. The number of rotatable bonds is 6. The highest BCUT2D eigenvalue weighted by atomic mass is 32.1. The molecule has 0 saturated heterocycles. The van der Waals surface area contributed by atoms with E-state index in [0.717, 1.165) is 16.1 Å². The van der Waals surface area contributed by atoms with Crippen LogP contribution in [0.3, 0.4) is 0 Å². The lowest BCUT2D eigenvalue weighted by atomic mass is 10.1. The number of anilines is 3. The fraction of sp³-hybridized carbons (Fsp3) is 0.350. The van der Waals surface area contributed by atoms with Crippen molar-refractivity contribution in [1.29, 1.82) is 0 Å². The average molecular weight is 401 g/mol. The van der Waals surface area contributed by atoms with E-state index in [2.05, 4.69) is 16.0 Å². The Kier molecular flexibility index (Phi) is 5.99. The minimum absolute atomic E-state index is 0.0547. The predicted octanol–water partition coefficient (Wildman–Crippen LogP) is 3.56. The van der Waals surface area contributed by atoms with Crippen LogP contribution in [0.4, 0.5) is 16.4 Å². The van der Waals surface area contributed by atoms with E-state index in [1.165, 1.54) is 11.3 Å². The summed E-state index contributed by atoms with van der Waals surface area (Å²) in [4.78, 5) is 38.2. The van der Waals surface area contributed by atoms with Crippen LogP contribution in [-0.4, -0.2) is 30.4 Å². The molecule has 148 valence electrons. The number of thiophene rings is 1. The Morgan fingerprint density at radius 3 is 2.61 bits per heavy atom. The summed E-state index contributed by atoms with van der Waals surface area (Å²) in [7, 11) is 0. The first-order chi connectivity index (χ1) is 13.4. The van der Waals surface area contributed by atoms with E-state index in [4.69, 9.17) is 4.74 Å². The van der Waals surface area contributed by atoms with Crippen LogP contribution in [0.1, 0.15) is 41.1 Å². The molecule has 0 radical (unpaired) electrons. The number of esters is 1. The third-order valence-electron chi connectivity index (χ3n) is 4.52. The van der Waals surface area contributed by atoms with Crippen LogP contribution in [0.25, 0.3) is 0 Å². The van der Waals surface area contributed by atoms with E-state index in [9.17, 15) is 14.4 Å². The van der Waals surface area contributed by atoms with Gasteiger partial charge in [-0.2, -0.15) is 0 Å². The Hall–Kier alpha value is -2.87. The third kappa shape index (κ3) is 4.01. The normalized spacial score (nSPS) is 15.2. The molecule has 2 amide bonds. The van der Waals surface area contributed by atoms with Gasteiger partial charge in [0.05, 0.1) is 30.0 Å². The molecule has 2 heterocycles. The zero-order chi connectivity index (χ0) is 20.3. The number of ether oxygens (including phenoxy) is 1. The van der Waals surface area contributed by atoms with E-state index in [1.807, 2.05) is 32.0 Å². The van der Waals surface area contributed by atoms with E-state index >= 15 is 0 Å². The molecule has 8 heteroatoms. The molecular formula is C20H23N3O4S. The summed E-state index contributed by atoms with van der Waals surface area (Å²) in [6.45, 7) is 5.87. The highest BCUT2D eigenvalue weighted by Crippen LogP contribution is 2.34. The monoisotopic (exact) mass is 401 g/mol. The van der Waals surface area contributed by atoms with E-state index < -0.39 is 12.0 Å². The van der Waals surface area contributed by atoms with Gasteiger partial charge in [-0.05, 0) is 38.0 Å². The number of amides is 2. The molecule has 0 saturated carbocycles. The second kappa shape index (κ2) is 8.43. The summed E-state index contributed by atoms with van der Waals surface area (Å²) >= 11 is 1.35. The molecule has 0 bridgehead atoms. The Labute approximate surface area is 167 Å². The SMILES string of the molecule is CCOC(=O)c1c(NC(=O)C[C@@H]2Nc3ccccc3NC2=O)sc(C)c1CC. The molecule has 7 nitrogen and oxygen atoms in total. The first-order valence-corrected chi connectivity index (χ1v) is 10.0. The van der Waals surface area contributed by atoms with E-state index in [1.54, 1.807) is 13.0 Å². The Bertz CT molecular complexity index is 922. The maximum Gasteiger partial charge on any atom is 0.341 e. The van der Waals surface area contributed by atoms with Crippen molar-refractivity contribution < 1.29 is 19.1 Å². The number of carbonyl (C=O) groups excluding carboxylic acids is 3. The summed E-state index contributed by atoms with van der Waals surface area (Å²) in [6.07, 6.45) is 0.608. The molecule has 0 unspecified atom stereocenters. The van der Waals surface area contributed by atoms with Crippen LogP contribution in [0.5, 0.6) is 0 Å². The summed E-state index contributed by atoms with van der Waals surface area (Å²) in [5.74, 6) is -1.06. The number of fused-ring (bicyclic) bond motifs is 1. The van der Waals surface area contributed by atoms with Crippen LogP contribution in [-0.2, 0) is 20.7 Å². The Balaban J connectivity index is 1.75. The van der Waals surface area contributed by atoms with Gasteiger partial charge < -0.3 is 20.7 Å². The predicted molar refractivity (Wildman–Crippen MR) is 110 cm³/mol. The first-order valence-electron chi connectivity index (χ1n) is 9.20. The van der Waals surface area contributed by atoms with Gasteiger partial charge in [-0.1, -0.05) is 19.1 Å². The second-order valence-electron chi connectivity index (χ2n) is 6.40. The van der Waals surface area contributed by atoms with Crippen molar-refractivity contribution in [3.63, 3.8) is 0 Å². The molecular weight excluding hydrogens is 378 g/mol. The third-order valence-corrected chi connectivity index (χ3v) is 5.58. The molecule has 0 spiro atoms. The number of para-hydroxylation sites is 2. The van der Waals surface area contributed by atoms with E-state index in [0.29, 0.717) is 22.7 Å². The number of carbonyl (C=O) groups is 3.